The first-order chi connectivity index (χ1) is 7.42. The third kappa shape index (κ3) is 5.68. The molecule has 0 aliphatic carbocycles. The Morgan fingerprint density at radius 2 is 1.71 bits per heavy atom. The molecule has 102 valence electrons. The summed E-state index contributed by atoms with van der Waals surface area (Å²) in [6.07, 6.45) is 2.00. The zero-order chi connectivity index (χ0) is 13.9. The number of hydrogen-bond donors (Lipinski definition) is 1. The van der Waals surface area contributed by atoms with Crippen LogP contribution >= 0.6 is 15.9 Å². The first-order valence-electron chi connectivity index (χ1n) is 6.03. The van der Waals surface area contributed by atoms with Gasteiger partial charge in [0.1, 0.15) is 0 Å². The summed E-state index contributed by atoms with van der Waals surface area (Å²) < 4.78 is 6.05. The highest BCUT2D eigenvalue weighted by atomic mass is 79.9. The van der Waals surface area contributed by atoms with Crippen molar-refractivity contribution in [3.63, 3.8) is 0 Å². The molecule has 2 nitrogen and oxygen atoms in total. The Morgan fingerprint density at radius 1 is 1.24 bits per heavy atom. The number of hydrogen-bond acceptors (Lipinski definition) is 2. The molecule has 0 saturated heterocycles. The van der Waals surface area contributed by atoms with Crippen LogP contribution in [-0.2, 0) is 4.43 Å². The van der Waals surface area contributed by atoms with Gasteiger partial charge in [-0.1, -0.05) is 42.8 Å². The molecule has 0 aromatic heterocycles. The summed E-state index contributed by atoms with van der Waals surface area (Å²) in [5, 5.41) is 10.8. The van der Waals surface area contributed by atoms with Crippen LogP contribution in [0.2, 0.25) is 18.1 Å². The molecule has 0 saturated carbocycles. The fourth-order valence-corrected chi connectivity index (χ4v) is 2.88. The molecule has 0 radical (unpaired) electrons. The van der Waals surface area contributed by atoms with Gasteiger partial charge in [0.15, 0.2) is 8.32 Å². The quantitative estimate of drug-likeness (QED) is 0.469. The standard InChI is InChI=1S/C13H27BrO2Si/c1-12(2,3)17(6,7)16-9-8-11(10-14)13(4,5)15/h8,15H,9-10H2,1-7H3/b11-8-. The number of aliphatic hydroxyl groups is 1. The van der Waals surface area contributed by atoms with Gasteiger partial charge in [0, 0.05) is 5.33 Å². The second-order valence-electron chi connectivity index (χ2n) is 6.49. The van der Waals surface area contributed by atoms with E-state index in [1.54, 1.807) is 13.8 Å². The Labute approximate surface area is 116 Å². The van der Waals surface area contributed by atoms with Crippen molar-refractivity contribution in [1.82, 2.24) is 0 Å². The Morgan fingerprint density at radius 3 is 2.00 bits per heavy atom. The second-order valence-corrected chi connectivity index (χ2v) is 11.9. The molecule has 4 heteroatoms. The van der Waals surface area contributed by atoms with Crippen LogP contribution in [0.4, 0.5) is 0 Å². The molecule has 0 aliphatic heterocycles. The summed E-state index contributed by atoms with van der Waals surface area (Å²) in [6.45, 7) is 15.3. The molecule has 0 unspecified atom stereocenters. The summed E-state index contributed by atoms with van der Waals surface area (Å²) in [6, 6.07) is 0. The summed E-state index contributed by atoms with van der Waals surface area (Å²) in [5.74, 6) is 0. The SMILES string of the molecule is CC(C)(O)/C(=C\CO[Si](C)(C)C(C)(C)C)CBr. The Bertz CT molecular complexity index is 272. The summed E-state index contributed by atoms with van der Waals surface area (Å²) >= 11 is 3.40. The molecule has 0 spiro atoms. The summed E-state index contributed by atoms with van der Waals surface area (Å²) in [7, 11) is -1.69. The Balaban J connectivity index is 4.55. The van der Waals surface area contributed by atoms with Crippen LogP contribution in [0.25, 0.3) is 0 Å². The third-order valence-corrected chi connectivity index (χ3v) is 8.61. The maximum atomic E-state index is 9.92. The Hall–Kier alpha value is 0.357. The fourth-order valence-electron chi connectivity index (χ4n) is 1.03. The van der Waals surface area contributed by atoms with Crippen LogP contribution in [0.5, 0.6) is 0 Å². The van der Waals surface area contributed by atoms with E-state index >= 15 is 0 Å². The van der Waals surface area contributed by atoms with Gasteiger partial charge in [0.25, 0.3) is 0 Å². The van der Waals surface area contributed by atoms with E-state index in [2.05, 4.69) is 49.8 Å². The molecule has 0 rings (SSSR count). The normalized spacial score (nSPS) is 15.2. The maximum Gasteiger partial charge on any atom is 0.192 e. The molecule has 0 aromatic rings. The van der Waals surface area contributed by atoms with Gasteiger partial charge in [-0.3, -0.25) is 0 Å². The predicted octanol–water partition coefficient (Wildman–Crippen LogP) is 4.10. The van der Waals surface area contributed by atoms with Gasteiger partial charge >= 0.3 is 0 Å². The van der Waals surface area contributed by atoms with Crippen molar-refractivity contribution in [2.24, 2.45) is 0 Å². The van der Waals surface area contributed by atoms with Crippen molar-refractivity contribution >= 4 is 24.2 Å². The molecule has 0 aromatic carbocycles. The second kappa shape index (κ2) is 6.00. The lowest BCUT2D eigenvalue weighted by Crippen LogP contribution is -2.40. The highest BCUT2D eigenvalue weighted by molar-refractivity contribution is 9.09. The fraction of sp³-hybridized carbons (Fsp3) is 0.846. The van der Waals surface area contributed by atoms with Crippen LogP contribution in [-0.4, -0.2) is 31.0 Å². The van der Waals surface area contributed by atoms with Gasteiger partial charge < -0.3 is 9.53 Å². The average Bonchev–Trinajstić information content (AvgIpc) is 2.08. The molecule has 0 aliphatic rings. The molecule has 17 heavy (non-hydrogen) atoms. The van der Waals surface area contributed by atoms with E-state index in [1.807, 2.05) is 6.08 Å². The van der Waals surface area contributed by atoms with E-state index in [9.17, 15) is 5.11 Å². The minimum atomic E-state index is -1.69. The molecule has 0 atom stereocenters. The summed E-state index contributed by atoms with van der Waals surface area (Å²) in [4.78, 5) is 0. The van der Waals surface area contributed by atoms with E-state index in [0.29, 0.717) is 11.9 Å². The highest BCUT2D eigenvalue weighted by Gasteiger charge is 2.36. The van der Waals surface area contributed by atoms with Gasteiger partial charge in [-0.15, -0.1) is 0 Å². The first kappa shape index (κ1) is 17.4. The third-order valence-electron chi connectivity index (χ3n) is 3.51. The zero-order valence-electron chi connectivity index (χ0n) is 12.2. The minimum Gasteiger partial charge on any atom is -0.413 e. The van der Waals surface area contributed by atoms with Crippen LogP contribution in [0, 0.1) is 0 Å². The number of alkyl halides is 1. The predicted molar refractivity (Wildman–Crippen MR) is 81.3 cm³/mol. The van der Waals surface area contributed by atoms with Gasteiger partial charge in [-0.25, -0.2) is 0 Å². The maximum absolute atomic E-state index is 9.92. The smallest absolute Gasteiger partial charge is 0.192 e. The topological polar surface area (TPSA) is 29.5 Å². The highest BCUT2D eigenvalue weighted by Crippen LogP contribution is 2.36. The van der Waals surface area contributed by atoms with Crippen LogP contribution in [0.1, 0.15) is 34.6 Å². The first-order valence-corrected chi connectivity index (χ1v) is 10.1. The van der Waals surface area contributed by atoms with E-state index in [1.165, 1.54) is 0 Å². The van der Waals surface area contributed by atoms with Crippen molar-refractivity contribution in [2.75, 3.05) is 11.9 Å². The molecular formula is C13H27BrO2Si. The van der Waals surface area contributed by atoms with Crippen molar-refractivity contribution in [3.8, 4) is 0 Å². The van der Waals surface area contributed by atoms with Crippen molar-refractivity contribution in [2.45, 2.75) is 58.4 Å². The molecular weight excluding hydrogens is 296 g/mol. The van der Waals surface area contributed by atoms with Gasteiger partial charge in [-0.2, -0.15) is 0 Å². The van der Waals surface area contributed by atoms with E-state index in [0.717, 1.165) is 5.57 Å². The molecule has 0 bridgehead atoms. The molecule has 0 fully saturated rings. The van der Waals surface area contributed by atoms with Gasteiger partial charge in [-0.05, 0) is 37.6 Å². The number of rotatable bonds is 5. The minimum absolute atomic E-state index is 0.226. The largest absolute Gasteiger partial charge is 0.413 e. The molecule has 0 amide bonds. The van der Waals surface area contributed by atoms with Crippen molar-refractivity contribution in [1.29, 1.82) is 0 Å². The van der Waals surface area contributed by atoms with E-state index < -0.39 is 13.9 Å². The van der Waals surface area contributed by atoms with Crippen LogP contribution in [0.15, 0.2) is 11.6 Å². The molecule has 1 N–H and O–H groups in total. The average molecular weight is 323 g/mol. The summed E-state index contributed by atoms with van der Waals surface area (Å²) in [5.41, 5.74) is 0.191. The van der Waals surface area contributed by atoms with E-state index in [4.69, 9.17) is 4.43 Å². The van der Waals surface area contributed by atoms with E-state index in [-0.39, 0.29) is 5.04 Å². The van der Waals surface area contributed by atoms with Crippen LogP contribution in [0.3, 0.4) is 0 Å². The zero-order valence-corrected chi connectivity index (χ0v) is 14.8. The molecule has 0 heterocycles. The van der Waals surface area contributed by atoms with Gasteiger partial charge in [0.2, 0.25) is 0 Å². The lowest BCUT2D eigenvalue weighted by Gasteiger charge is -2.36. The van der Waals surface area contributed by atoms with Crippen molar-refractivity contribution < 1.29 is 9.53 Å². The monoisotopic (exact) mass is 322 g/mol. The van der Waals surface area contributed by atoms with Crippen molar-refractivity contribution in [3.05, 3.63) is 11.6 Å². The lowest BCUT2D eigenvalue weighted by atomic mass is 10.00. The lowest BCUT2D eigenvalue weighted by molar-refractivity contribution is 0.119. The number of halogens is 1. The van der Waals surface area contributed by atoms with Gasteiger partial charge in [0.05, 0.1) is 12.2 Å². The Kier molecular flexibility index (Phi) is 6.13. The van der Waals surface area contributed by atoms with Crippen LogP contribution < -0.4 is 0 Å².